The Bertz CT molecular complexity index is 1680. The maximum Gasteiger partial charge on any atom is 0.408 e. The highest BCUT2D eigenvalue weighted by Gasteiger charge is 2.42. The van der Waals surface area contributed by atoms with Gasteiger partial charge in [-0.25, -0.2) is 19.7 Å². The number of hydrogen-bond acceptors (Lipinski definition) is 10. The van der Waals surface area contributed by atoms with E-state index in [1.807, 2.05) is 54.6 Å². The molecule has 4 aromatic rings. The van der Waals surface area contributed by atoms with E-state index in [1.165, 1.54) is 11.8 Å². The Kier molecular flexibility index (Phi) is 10.2. The van der Waals surface area contributed by atoms with Crippen LogP contribution in [0.25, 0.3) is 0 Å². The molecule has 242 valence electrons. The van der Waals surface area contributed by atoms with Gasteiger partial charge >= 0.3 is 6.09 Å². The molecule has 5 unspecified atom stereocenters. The van der Waals surface area contributed by atoms with E-state index in [0.717, 1.165) is 21.6 Å². The van der Waals surface area contributed by atoms with Gasteiger partial charge in [-0.1, -0.05) is 85.4 Å². The molecule has 2 aliphatic heterocycles. The fourth-order valence-electron chi connectivity index (χ4n) is 5.53. The number of carbonyl (C=O) groups excluding carboxylic acids is 3. The van der Waals surface area contributed by atoms with Crippen molar-refractivity contribution in [1.29, 1.82) is 0 Å². The highest BCUT2D eigenvalue weighted by molar-refractivity contribution is 7.99. The van der Waals surface area contributed by atoms with Crippen LogP contribution >= 0.6 is 11.8 Å². The van der Waals surface area contributed by atoms with Gasteiger partial charge in [-0.2, -0.15) is 0 Å². The van der Waals surface area contributed by atoms with Crippen molar-refractivity contribution in [2.24, 2.45) is 5.92 Å². The maximum atomic E-state index is 13.2. The van der Waals surface area contributed by atoms with Gasteiger partial charge < -0.3 is 24.6 Å². The first-order valence-corrected chi connectivity index (χ1v) is 16.2. The molecule has 0 aliphatic carbocycles. The number of aromatic nitrogens is 2. The topological polar surface area (TPSA) is 140 Å². The molecule has 5 atom stereocenters. The van der Waals surface area contributed by atoms with Crippen molar-refractivity contribution in [3.63, 3.8) is 0 Å². The highest BCUT2D eigenvalue weighted by atomic mass is 32.2. The van der Waals surface area contributed by atoms with E-state index in [0.29, 0.717) is 22.2 Å². The normalized spacial score (nSPS) is 22.7. The Hall–Kier alpha value is -4.62. The summed E-state index contributed by atoms with van der Waals surface area (Å²) in [4.78, 5) is 48.1. The minimum atomic E-state index is -1.03. The van der Waals surface area contributed by atoms with Gasteiger partial charge in [0.2, 0.25) is 5.91 Å². The molecular formula is C35H34N4O7S. The number of carbonyl (C=O) groups is 3. The second kappa shape index (κ2) is 14.9. The zero-order valence-electron chi connectivity index (χ0n) is 25.6. The Balaban J connectivity index is 1.14. The van der Waals surface area contributed by atoms with Crippen LogP contribution in [0.3, 0.4) is 0 Å². The van der Waals surface area contributed by atoms with Crippen molar-refractivity contribution in [2.75, 3.05) is 10.7 Å². The molecule has 47 heavy (non-hydrogen) atoms. The van der Waals surface area contributed by atoms with Crippen molar-refractivity contribution in [3.8, 4) is 0 Å². The molecule has 0 saturated carbocycles. The Labute approximate surface area is 276 Å². The summed E-state index contributed by atoms with van der Waals surface area (Å²) in [7, 11) is 0. The molecule has 11 nitrogen and oxygen atoms in total. The lowest BCUT2D eigenvalue weighted by Gasteiger charge is -2.41. The number of anilines is 1. The monoisotopic (exact) mass is 654 g/mol. The smallest absolute Gasteiger partial charge is 0.408 e. The third kappa shape index (κ3) is 7.68. The summed E-state index contributed by atoms with van der Waals surface area (Å²) in [5, 5.41) is 12.7. The number of hydrogen-bond donors (Lipinski definition) is 2. The molecule has 2 aliphatic rings. The molecule has 0 bridgehead atoms. The number of imide groups is 1. The van der Waals surface area contributed by atoms with E-state index in [-0.39, 0.29) is 37.8 Å². The summed E-state index contributed by atoms with van der Waals surface area (Å²) in [6.07, 6.45) is 1.19. The summed E-state index contributed by atoms with van der Waals surface area (Å²) in [6, 6.07) is 24.4. The van der Waals surface area contributed by atoms with Crippen LogP contribution in [0.2, 0.25) is 0 Å². The number of amides is 3. The molecule has 3 aromatic carbocycles. The van der Waals surface area contributed by atoms with E-state index < -0.39 is 30.2 Å². The van der Waals surface area contributed by atoms with Gasteiger partial charge in [0.1, 0.15) is 12.6 Å². The molecule has 3 heterocycles. The fraction of sp³-hybridized carbons (Fsp3) is 0.286. The molecule has 6 rings (SSSR count). The van der Waals surface area contributed by atoms with Crippen molar-refractivity contribution >= 4 is 35.4 Å². The van der Waals surface area contributed by atoms with Gasteiger partial charge in [0.25, 0.3) is 5.91 Å². The van der Waals surface area contributed by atoms with Gasteiger partial charge in [-0.15, -0.1) is 0 Å². The minimum Gasteiger partial charge on any atom is -0.445 e. The van der Waals surface area contributed by atoms with Crippen molar-refractivity contribution in [2.45, 2.75) is 56.3 Å². The molecular weight excluding hydrogens is 620 g/mol. The summed E-state index contributed by atoms with van der Waals surface area (Å²) in [5.41, 5.74) is 3.65. The lowest BCUT2D eigenvalue weighted by molar-refractivity contribution is -0.268. The largest absolute Gasteiger partial charge is 0.445 e. The van der Waals surface area contributed by atoms with Crippen molar-refractivity contribution in [3.05, 3.63) is 120 Å². The number of nitrogens with one attached hydrogen (secondary N) is 1. The number of benzene rings is 3. The number of aliphatic hydroxyl groups is 1. The number of ether oxygens (including phenoxy) is 3. The second-order valence-corrected chi connectivity index (χ2v) is 12.3. The first-order chi connectivity index (χ1) is 22.9. The SMILES string of the molecule is CC1C(CSc2ncccn2)OC(c2ccc(N3C(=O)CC(NC(=O)OCc4ccccc4)C3=O)cc2)OC1c1ccc(CO)cc1. The van der Waals surface area contributed by atoms with Crippen LogP contribution in [-0.4, -0.2) is 50.9 Å². The average molecular weight is 655 g/mol. The van der Waals surface area contributed by atoms with Crippen LogP contribution in [0.5, 0.6) is 0 Å². The molecule has 0 radical (unpaired) electrons. The van der Waals surface area contributed by atoms with E-state index in [1.54, 1.807) is 42.7 Å². The number of alkyl carbamates (subject to hydrolysis) is 1. The standard InChI is InChI=1S/C35H34N4O7S/c1-22-29(21-47-34-36-16-5-17-37-34)45-33(46-31(22)25-10-8-23(19-40)9-11-25)26-12-14-27(15-13-26)39-30(41)18-28(32(39)42)38-35(43)44-20-24-6-3-2-4-7-24/h2-17,22,28-29,31,33,40H,18-21H2,1H3,(H,38,43). The average Bonchev–Trinajstić information content (AvgIpc) is 3.39. The van der Waals surface area contributed by atoms with E-state index in [4.69, 9.17) is 14.2 Å². The zero-order chi connectivity index (χ0) is 32.8. The summed E-state index contributed by atoms with van der Waals surface area (Å²) < 4.78 is 18.2. The number of thioether (sulfide) groups is 1. The first kappa shape index (κ1) is 32.3. The Morgan fingerprint density at radius 2 is 1.64 bits per heavy atom. The van der Waals surface area contributed by atoms with E-state index in [9.17, 15) is 19.5 Å². The number of aliphatic hydroxyl groups excluding tert-OH is 1. The van der Waals surface area contributed by atoms with Crippen LogP contribution in [0.15, 0.2) is 102 Å². The lowest BCUT2D eigenvalue weighted by atomic mass is 9.91. The highest BCUT2D eigenvalue weighted by Crippen LogP contribution is 2.43. The molecule has 1 aromatic heterocycles. The van der Waals surface area contributed by atoms with Gasteiger partial charge in [-0.3, -0.25) is 9.59 Å². The van der Waals surface area contributed by atoms with Crippen LogP contribution in [0.1, 0.15) is 48.0 Å². The molecule has 12 heteroatoms. The quantitative estimate of drug-likeness (QED) is 0.135. The second-order valence-electron chi connectivity index (χ2n) is 11.3. The molecule has 2 saturated heterocycles. The van der Waals surface area contributed by atoms with E-state index >= 15 is 0 Å². The van der Waals surface area contributed by atoms with Gasteiger partial charge in [-0.05, 0) is 34.9 Å². The summed E-state index contributed by atoms with van der Waals surface area (Å²) >= 11 is 1.50. The number of rotatable bonds is 10. The summed E-state index contributed by atoms with van der Waals surface area (Å²) in [5.74, 6) is -0.398. The predicted octanol–water partition coefficient (Wildman–Crippen LogP) is 5.11. The van der Waals surface area contributed by atoms with Crippen molar-refractivity contribution < 1.29 is 33.7 Å². The number of nitrogens with zero attached hydrogens (tertiary/aromatic N) is 3. The third-order valence-corrected chi connectivity index (χ3v) is 9.08. The minimum absolute atomic E-state index is 0.0228. The van der Waals surface area contributed by atoms with Crippen LogP contribution in [0.4, 0.5) is 10.5 Å². The van der Waals surface area contributed by atoms with Crippen LogP contribution < -0.4 is 10.2 Å². The van der Waals surface area contributed by atoms with Crippen LogP contribution in [0, 0.1) is 5.92 Å². The fourth-order valence-corrected chi connectivity index (χ4v) is 6.50. The molecule has 2 fully saturated rings. The van der Waals surface area contributed by atoms with Crippen molar-refractivity contribution in [1.82, 2.24) is 15.3 Å². The Morgan fingerprint density at radius 1 is 0.936 bits per heavy atom. The van der Waals surface area contributed by atoms with Gasteiger partial charge in [0, 0.05) is 29.6 Å². The molecule has 2 N–H and O–H groups in total. The first-order valence-electron chi connectivity index (χ1n) is 15.2. The van der Waals surface area contributed by atoms with Gasteiger partial charge in [0.15, 0.2) is 11.4 Å². The molecule has 3 amide bonds. The third-order valence-electron chi connectivity index (χ3n) is 8.12. The maximum absolute atomic E-state index is 13.2. The van der Waals surface area contributed by atoms with E-state index in [2.05, 4.69) is 22.2 Å². The molecule has 0 spiro atoms. The zero-order valence-corrected chi connectivity index (χ0v) is 26.4. The lowest BCUT2D eigenvalue weighted by Crippen LogP contribution is -2.42. The predicted molar refractivity (Wildman–Crippen MR) is 173 cm³/mol. The van der Waals surface area contributed by atoms with Crippen LogP contribution in [-0.2, 0) is 37.0 Å². The summed E-state index contributed by atoms with van der Waals surface area (Å²) in [6.45, 7) is 2.08. The Morgan fingerprint density at radius 3 is 2.34 bits per heavy atom. The van der Waals surface area contributed by atoms with Gasteiger partial charge in [0.05, 0.1) is 30.9 Å².